The lowest BCUT2D eigenvalue weighted by Gasteiger charge is -2.32. The Morgan fingerprint density at radius 2 is 2.09 bits per heavy atom. The molecule has 1 aromatic heterocycles. The number of anilines is 1. The average Bonchev–Trinajstić information content (AvgIpc) is 3.00. The van der Waals surface area contributed by atoms with Gasteiger partial charge in [0.15, 0.2) is 5.78 Å². The smallest absolute Gasteiger partial charge is 0.238 e. The van der Waals surface area contributed by atoms with Crippen molar-refractivity contribution in [2.45, 2.75) is 26.3 Å². The molecule has 1 aromatic carbocycles. The average molecular weight is 328 g/mol. The summed E-state index contributed by atoms with van der Waals surface area (Å²) in [6.45, 7) is 4.87. The molecule has 1 aliphatic heterocycles. The van der Waals surface area contributed by atoms with Crippen molar-refractivity contribution >= 4 is 28.7 Å². The van der Waals surface area contributed by atoms with Gasteiger partial charge in [0, 0.05) is 23.0 Å². The maximum atomic E-state index is 12.4. The number of rotatable bonds is 4. The van der Waals surface area contributed by atoms with E-state index in [1.165, 1.54) is 17.4 Å². The Morgan fingerprint density at radius 1 is 1.30 bits per heavy atom. The summed E-state index contributed by atoms with van der Waals surface area (Å²) < 4.78 is 0. The molecule has 0 fully saturated rings. The van der Waals surface area contributed by atoms with Gasteiger partial charge in [0.05, 0.1) is 12.2 Å². The predicted molar refractivity (Wildman–Crippen MR) is 93.1 cm³/mol. The Labute approximate surface area is 140 Å². The number of carbonyl (C=O) groups excluding carboxylic acids is 2. The van der Waals surface area contributed by atoms with E-state index in [0.717, 1.165) is 13.0 Å². The lowest BCUT2D eigenvalue weighted by atomic mass is 10.0. The van der Waals surface area contributed by atoms with Crippen LogP contribution in [0.25, 0.3) is 0 Å². The first-order valence-corrected chi connectivity index (χ1v) is 8.64. The number of nitrogens with one attached hydrogen (secondary N) is 1. The maximum Gasteiger partial charge on any atom is 0.238 e. The van der Waals surface area contributed by atoms with Crippen LogP contribution in [-0.2, 0) is 11.2 Å². The van der Waals surface area contributed by atoms with Crippen LogP contribution in [-0.4, -0.2) is 29.7 Å². The third-order valence-corrected chi connectivity index (χ3v) is 5.33. The van der Waals surface area contributed by atoms with Crippen LogP contribution in [0.3, 0.4) is 0 Å². The van der Waals surface area contributed by atoms with E-state index in [-0.39, 0.29) is 17.7 Å². The molecule has 0 unspecified atom stereocenters. The van der Waals surface area contributed by atoms with Crippen LogP contribution in [0.5, 0.6) is 0 Å². The summed E-state index contributed by atoms with van der Waals surface area (Å²) in [7, 11) is 0. The molecule has 1 amide bonds. The number of benzene rings is 1. The fourth-order valence-electron chi connectivity index (χ4n) is 3.05. The molecule has 1 N–H and O–H groups in total. The number of fused-ring (bicyclic) bond motifs is 1. The van der Waals surface area contributed by atoms with Crippen LogP contribution < -0.4 is 5.32 Å². The zero-order valence-corrected chi connectivity index (χ0v) is 14.2. The van der Waals surface area contributed by atoms with Crippen molar-refractivity contribution in [1.82, 2.24) is 4.90 Å². The van der Waals surface area contributed by atoms with Crippen molar-refractivity contribution in [3.8, 4) is 0 Å². The molecule has 1 aliphatic rings. The molecule has 2 heterocycles. The summed E-state index contributed by atoms with van der Waals surface area (Å²) in [4.78, 5) is 27.6. The normalized spacial score (nSPS) is 17.6. The molecule has 0 aliphatic carbocycles. The Bertz CT molecular complexity index is 738. The summed E-state index contributed by atoms with van der Waals surface area (Å²) in [6.07, 6.45) is 0.995. The first kappa shape index (κ1) is 15.9. The quantitative estimate of drug-likeness (QED) is 0.874. The lowest BCUT2D eigenvalue weighted by Crippen LogP contribution is -2.39. The van der Waals surface area contributed by atoms with E-state index in [2.05, 4.69) is 28.6 Å². The van der Waals surface area contributed by atoms with E-state index < -0.39 is 0 Å². The van der Waals surface area contributed by atoms with Crippen LogP contribution in [0.4, 0.5) is 5.69 Å². The van der Waals surface area contributed by atoms with Gasteiger partial charge in [-0.15, -0.1) is 11.3 Å². The number of para-hydroxylation sites is 1. The second-order valence-electron chi connectivity index (χ2n) is 5.85. The minimum absolute atomic E-state index is 0.0462. The molecular weight excluding hydrogens is 308 g/mol. The highest BCUT2D eigenvalue weighted by atomic mass is 32.1. The van der Waals surface area contributed by atoms with E-state index in [4.69, 9.17) is 0 Å². The highest BCUT2D eigenvalue weighted by Crippen LogP contribution is 2.32. The summed E-state index contributed by atoms with van der Waals surface area (Å²) in [5.41, 5.74) is 2.47. The summed E-state index contributed by atoms with van der Waals surface area (Å²) in [6, 6.07) is 9.53. The van der Waals surface area contributed by atoms with Gasteiger partial charge in [0.25, 0.3) is 0 Å². The summed E-state index contributed by atoms with van der Waals surface area (Å²) in [5, 5.41) is 5.00. The molecule has 1 atom stereocenters. The second-order valence-corrected chi connectivity index (χ2v) is 6.85. The van der Waals surface area contributed by atoms with E-state index >= 15 is 0 Å². The summed E-state index contributed by atoms with van der Waals surface area (Å²) >= 11 is 1.79. The topological polar surface area (TPSA) is 49.4 Å². The fourth-order valence-corrected chi connectivity index (χ4v) is 4.01. The zero-order chi connectivity index (χ0) is 16.4. The molecule has 0 spiro atoms. The van der Waals surface area contributed by atoms with Gasteiger partial charge < -0.3 is 5.32 Å². The molecule has 4 nitrogen and oxygen atoms in total. The standard InChI is InChI=1S/C18H20N2O2S/c1-12-14-8-10-23-17(14)7-9-20(12)11-18(22)19-16-6-4-3-5-15(16)13(2)21/h3-6,8,10,12H,7,9,11H2,1-2H3,(H,19,22)/t12-/m0/s1. The second kappa shape index (κ2) is 6.64. The van der Waals surface area contributed by atoms with Crippen LogP contribution in [0.15, 0.2) is 35.7 Å². The van der Waals surface area contributed by atoms with Crippen LogP contribution >= 0.6 is 11.3 Å². The van der Waals surface area contributed by atoms with Gasteiger partial charge in [0.2, 0.25) is 5.91 Å². The van der Waals surface area contributed by atoms with Crippen LogP contribution in [0, 0.1) is 0 Å². The number of carbonyl (C=O) groups is 2. The van der Waals surface area contributed by atoms with Gasteiger partial charge >= 0.3 is 0 Å². The number of amides is 1. The van der Waals surface area contributed by atoms with E-state index in [0.29, 0.717) is 17.8 Å². The number of thiophene rings is 1. The molecule has 0 saturated heterocycles. The Morgan fingerprint density at radius 3 is 2.87 bits per heavy atom. The first-order chi connectivity index (χ1) is 11.1. The minimum Gasteiger partial charge on any atom is -0.324 e. The Hall–Kier alpha value is -1.98. The number of hydrogen-bond donors (Lipinski definition) is 1. The molecular formula is C18H20N2O2S. The maximum absolute atomic E-state index is 12.4. The summed E-state index contributed by atoms with van der Waals surface area (Å²) in [5.74, 6) is -0.126. The molecule has 120 valence electrons. The number of hydrogen-bond acceptors (Lipinski definition) is 4. The van der Waals surface area contributed by atoms with Gasteiger partial charge in [-0.3, -0.25) is 14.5 Å². The van der Waals surface area contributed by atoms with Crippen molar-refractivity contribution in [1.29, 1.82) is 0 Å². The van der Waals surface area contributed by atoms with Gasteiger partial charge in [-0.2, -0.15) is 0 Å². The van der Waals surface area contributed by atoms with Crippen LogP contribution in [0.2, 0.25) is 0 Å². The van der Waals surface area contributed by atoms with Crippen LogP contribution in [0.1, 0.15) is 40.7 Å². The van der Waals surface area contributed by atoms with Crippen molar-refractivity contribution in [2.75, 3.05) is 18.4 Å². The largest absolute Gasteiger partial charge is 0.324 e. The van der Waals surface area contributed by atoms with Crippen molar-refractivity contribution in [3.05, 3.63) is 51.7 Å². The SMILES string of the molecule is CC(=O)c1ccccc1NC(=O)CN1CCc2sccc2[C@@H]1C. The third-order valence-electron chi connectivity index (χ3n) is 4.33. The minimum atomic E-state index is -0.0794. The van der Waals surface area contributed by atoms with E-state index in [1.54, 1.807) is 29.5 Å². The molecule has 0 radical (unpaired) electrons. The van der Waals surface area contributed by atoms with Gasteiger partial charge in [-0.05, 0) is 49.4 Å². The Kier molecular flexibility index (Phi) is 4.59. The first-order valence-electron chi connectivity index (χ1n) is 7.76. The molecule has 3 rings (SSSR count). The van der Waals surface area contributed by atoms with Gasteiger partial charge in [0.1, 0.15) is 0 Å². The molecule has 23 heavy (non-hydrogen) atoms. The third kappa shape index (κ3) is 3.35. The fraction of sp³-hybridized carbons (Fsp3) is 0.333. The van der Waals surface area contributed by atoms with Crippen molar-refractivity contribution in [2.24, 2.45) is 0 Å². The number of Topliss-reactive ketones (excluding diaryl/α,β-unsaturated/α-hetero) is 1. The zero-order valence-electron chi connectivity index (χ0n) is 13.3. The molecule has 0 bridgehead atoms. The van der Waals surface area contributed by atoms with Crippen molar-refractivity contribution in [3.63, 3.8) is 0 Å². The number of ketones is 1. The van der Waals surface area contributed by atoms with E-state index in [1.807, 2.05) is 6.07 Å². The molecule has 0 saturated carbocycles. The highest BCUT2D eigenvalue weighted by molar-refractivity contribution is 7.10. The van der Waals surface area contributed by atoms with E-state index in [9.17, 15) is 9.59 Å². The molecule has 5 heteroatoms. The highest BCUT2D eigenvalue weighted by Gasteiger charge is 2.26. The van der Waals surface area contributed by atoms with Gasteiger partial charge in [-0.25, -0.2) is 0 Å². The lowest BCUT2D eigenvalue weighted by molar-refractivity contribution is -0.117. The Balaban J connectivity index is 1.68. The predicted octanol–water partition coefficient (Wildman–Crippen LogP) is 3.51. The molecule has 2 aromatic rings. The monoisotopic (exact) mass is 328 g/mol. The number of nitrogens with zero attached hydrogens (tertiary/aromatic N) is 1. The van der Waals surface area contributed by atoms with Crippen molar-refractivity contribution < 1.29 is 9.59 Å². The van der Waals surface area contributed by atoms with Gasteiger partial charge in [-0.1, -0.05) is 12.1 Å².